The Morgan fingerprint density at radius 2 is 1.71 bits per heavy atom. The molecule has 2 aromatic rings. The molecule has 184 valence electrons. The highest BCUT2D eigenvalue weighted by atomic mass is 32.2. The van der Waals surface area contributed by atoms with Gasteiger partial charge >= 0.3 is 0 Å². The van der Waals surface area contributed by atoms with Crippen LogP contribution in [-0.2, 0) is 21.4 Å². The van der Waals surface area contributed by atoms with Gasteiger partial charge in [-0.25, -0.2) is 17.2 Å². The Morgan fingerprint density at radius 3 is 2.41 bits per heavy atom. The van der Waals surface area contributed by atoms with Crippen LogP contribution in [0.25, 0.3) is 0 Å². The van der Waals surface area contributed by atoms with Gasteiger partial charge in [0.05, 0.1) is 24.7 Å². The maximum Gasteiger partial charge on any atom is 0.243 e. The first-order chi connectivity index (χ1) is 16.2. The van der Waals surface area contributed by atoms with Crippen LogP contribution in [0.4, 0.5) is 8.78 Å². The number of hydrogen-bond donors (Lipinski definition) is 0. The second-order valence-electron chi connectivity index (χ2n) is 8.35. The molecular formula is C23H27F2N3O5S. The van der Waals surface area contributed by atoms with E-state index in [1.54, 1.807) is 22.9 Å². The third kappa shape index (κ3) is 5.48. The van der Waals surface area contributed by atoms with Crippen LogP contribution in [0.2, 0.25) is 0 Å². The fourth-order valence-electron chi connectivity index (χ4n) is 3.96. The number of piperazine rings is 1. The van der Waals surface area contributed by atoms with Gasteiger partial charge in [0.2, 0.25) is 15.9 Å². The van der Waals surface area contributed by atoms with Crippen molar-refractivity contribution >= 4 is 15.9 Å². The maximum absolute atomic E-state index is 13.9. The molecule has 0 atom stereocenters. The average molecular weight is 496 g/mol. The average Bonchev–Trinajstić information content (AvgIpc) is 3.06. The van der Waals surface area contributed by atoms with E-state index >= 15 is 0 Å². The van der Waals surface area contributed by atoms with E-state index in [-0.39, 0.29) is 50.1 Å². The summed E-state index contributed by atoms with van der Waals surface area (Å²) in [7, 11) is -2.08. The minimum absolute atomic E-state index is 0.0335. The number of fused-ring (bicyclic) bond motifs is 1. The van der Waals surface area contributed by atoms with Crippen LogP contribution in [0.1, 0.15) is 12.0 Å². The Morgan fingerprint density at radius 1 is 1.00 bits per heavy atom. The van der Waals surface area contributed by atoms with Crippen LogP contribution in [-0.4, -0.2) is 81.4 Å². The summed E-state index contributed by atoms with van der Waals surface area (Å²) in [5, 5.41) is 0. The molecule has 4 rings (SSSR count). The van der Waals surface area contributed by atoms with Crippen molar-refractivity contribution < 1.29 is 31.5 Å². The number of hydrogen-bond acceptors (Lipinski definition) is 6. The van der Waals surface area contributed by atoms with Crippen LogP contribution in [0, 0.1) is 11.6 Å². The second kappa shape index (κ2) is 10.2. The number of ether oxygens (including phenoxy) is 2. The van der Waals surface area contributed by atoms with E-state index < -0.39 is 21.7 Å². The van der Waals surface area contributed by atoms with Crippen molar-refractivity contribution in [3.05, 3.63) is 53.6 Å². The Hall–Kier alpha value is -2.76. The third-order valence-corrected chi connectivity index (χ3v) is 7.70. The molecule has 8 nitrogen and oxygen atoms in total. The molecule has 2 aliphatic rings. The van der Waals surface area contributed by atoms with Crippen LogP contribution >= 0.6 is 0 Å². The van der Waals surface area contributed by atoms with E-state index in [9.17, 15) is 22.0 Å². The first kappa shape index (κ1) is 24.4. The Labute approximate surface area is 197 Å². The summed E-state index contributed by atoms with van der Waals surface area (Å²) < 4.78 is 65.7. The minimum Gasteiger partial charge on any atom is -0.490 e. The van der Waals surface area contributed by atoms with Crippen LogP contribution in [0.5, 0.6) is 11.5 Å². The lowest BCUT2D eigenvalue weighted by Crippen LogP contribution is -2.52. The van der Waals surface area contributed by atoms with Gasteiger partial charge < -0.3 is 14.4 Å². The van der Waals surface area contributed by atoms with Gasteiger partial charge in [0.15, 0.2) is 11.5 Å². The van der Waals surface area contributed by atoms with E-state index in [1.807, 2.05) is 0 Å². The number of amides is 1. The van der Waals surface area contributed by atoms with E-state index in [2.05, 4.69) is 0 Å². The normalized spacial score (nSPS) is 17.0. The predicted octanol–water partition coefficient (Wildman–Crippen LogP) is 2.09. The van der Waals surface area contributed by atoms with Crippen molar-refractivity contribution in [2.45, 2.75) is 17.9 Å². The smallest absolute Gasteiger partial charge is 0.243 e. The summed E-state index contributed by atoms with van der Waals surface area (Å²) in [6.45, 7) is 1.99. The molecule has 0 radical (unpaired) electrons. The van der Waals surface area contributed by atoms with Crippen LogP contribution in [0.15, 0.2) is 41.3 Å². The molecule has 2 aliphatic heterocycles. The predicted molar refractivity (Wildman–Crippen MR) is 120 cm³/mol. The first-order valence-corrected chi connectivity index (χ1v) is 12.5. The molecule has 0 unspecified atom stereocenters. The summed E-state index contributed by atoms with van der Waals surface area (Å²) in [5.41, 5.74) is 0.294. The molecule has 11 heteroatoms. The van der Waals surface area contributed by atoms with Gasteiger partial charge in [-0.15, -0.1) is 0 Å². The summed E-state index contributed by atoms with van der Waals surface area (Å²) in [5.74, 6) is -0.561. The lowest BCUT2D eigenvalue weighted by atomic mass is 10.2. The molecule has 0 bridgehead atoms. The van der Waals surface area contributed by atoms with Crippen molar-refractivity contribution in [2.75, 3.05) is 53.0 Å². The minimum atomic E-state index is -3.75. The molecular weight excluding hydrogens is 468 g/mol. The van der Waals surface area contributed by atoms with Gasteiger partial charge in [0.25, 0.3) is 0 Å². The van der Waals surface area contributed by atoms with Gasteiger partial charge in [-0.2, -0.15) is 4.31 Å². The molecule has 1 fully saturated rings. The molecule has 34 heavy (non-hydrogen) atoms. The maximum atomic E-state index is 13.9. The first-order valence-electron chi connectivity index (χ1n) is 11.0. The summed E-state index contributed by atoms with van der Waals surface area (Å²) in [6, 6.07) is 7.94. The highest BCUT2D eigenvalue weighted by Crippen LogP contribution is 2.33. The summed E-state index contributed by atoms with van der Waals surface area (Å²) >= 11 is 0. The standard InChI is InChI=1S/C23H27F2N3O5S/c1-26(15-17-3-4-18(24)13-20(17)25)16-23(29)27-7-9-28(10-8-27)34(30,31)19-5-6-21-22(14-19)33-12-2-11-32-21/h3-6,13-14H,2,7-12,15-16H2,1H3. The highest BCUT2D eigenvalue weighted by Gasteiger charge is 2.31. The molecule has 1 amide bonds. The van der Waals surface area contributed by atoms with E-state index in [0.717, 1.165) is 12.5 Å². The quantitative estimate of drug-likeness (QED) is 0.611. The van der Waals surface area contributed by atoms with Gasteiger partial charge in [-0.1, -0.05) is 6.07 Å². The molecule has 0 spiro atoms. The monoisotopic (exact) mass is 495 g/mol. The SMILES string of the molecule is CN(CC(=O)N1CCN(S(=O)(=O)c2ccc3c(c2)OCCCO3)CC1)Cc1ccc(F)cc1F. The molecule has 2 aromatic carbocycles. The summed E-state index contributed by atoms with van der Waals surface area (Å²) in [6.07, 6.45) is 0.723. The van der Waals surface area contributed by atoms with Crippen molar-refractivity contribution in [3.63, 3.8) is 0 Å². The lowest BCUT2D eigenvalue weighted by Gasteiger charge is -2.34. The van der Waals surface area contributed by atoms with Gasteiger partial charge in [-0.05, 0) is 25.2 Å². The number of benzene rings is 2. The Bertz CT molecular complexity index is 1150. The Kier molecular flexibility index (Phi) is 7.34. The van der Waals surface area contributed by atoms with Gasteiger partial charge in [0.1, 0.15) is 11.6 Å². The van der Waals surface area contributed by atoms with Gasteiger partial charge in [0, 0.05) is 56.8 Å². The zero-order valence-corrected chi connectivity index (χ0v) is 19.7. The van der Waals surface area contributed by atoms with Crippen LogP contribution in [0.3, 0.4) is 0 Å². The van der Waals surface area contributed by atoms with E-state index in [1.165, 1.54) is 28.6 Å². The molecule has 0 aliphatic carbocycles. The summed E-state index contributed by atoms with van der Waals surface area (Å²) in [4.78, 5) is 16.0. The van der Waals surface area contributed by atoms with Crippen molar-refractivity contribution in [3.8, 4) is 11.5 Å². The molecule has 0 aromatic heterocycles. The van der Waals surface area contributed by atoms with Crippen molar-refractivity contribution in [1.29, 1.82) is 0 Å². The number of likely N-dealkylation sites (N-methyl/N-ethyl adjacent to an activating group) is 1. The van der Waals surface area contributed by atoms with Crippen molar-refractivity contribution in [2.24, 2.45) is 0 Å². The highest BCUT2D eigenvalue weighted by molar-refractivity contribution is 7.89. The zero-order chi connectivity index (χ0) is 24.3. The fourth-order valence-corrected chi connectivity index (χ4v) is 5.40. The van der Waals surface area contributed by atoms with Crippen LogP contribution < -0.4 is 9.47 Å². The number of nitrogens with zero attached hydrogens (tertiary/aromatic N) is 3. The van der Waals surface area contributed by atoms with Gasteiger partial charge in [-0.3, -0.25) is 9.69 Å². The Balaban J connectivity index is 1.33. The van der Waals surface area contributed by atoms with E-state index in [0.29, 0.717) is 30.3 Å². The number of carbonyl (C=O) groups excluding carboxylic acids is 1. The second-order valence-corrected chi connectivity index (χ2v) is 10.3. The topological polar surface area (TPSA) is 79.4 Å². The molecule has 0 N–H and O–H groups in total. The number of rotatable bonds is 6. The number of halogens is 2. The lowest BCUT2D eigenvalue weighted by molar-refractivity contribution is -0.133. The molecule has 0 saturated carbocycles. The molecule has 1 saturated heterocycles. The largest absolute Gasteiger partial charge is 0.490 e. The zero-order valence-electron chi connectivity index (χ0n) is 18.9. The molecule has 2 heterocycles. The van der Waals surface area contributed by atoms with Crippen molar-refractivity contribution in [1.82, 2.24) is 14.1 Å². The fraction of sp³-hybridized carbons (Fsp3) is 0.435. The third-order valence-electron chi connectivity index (χ3n) is 5.81. The number of carbonyl (C=O) groups is 1. The number of sulfonamides is 1. The van der Waals surface area contributed by atoms with E-state index in [4.69, 9.17) is 9.47 Å².